The van der Waals surface area contributed by atoms with Crippen molar-refractivity contribution in [3.63, 3.8) is 0 Å². The number of nitrogens with two attached hydrogens (primary N) is 2. The number of urea groups is 1. The Balaban J connectivity index is 0.000000320. The van der Waals surface area contributed by atoms with Crippen molar-refractivity contribution >= 4 is 23.7 Å². The van der Waals surface area contributed by atoms with E-state index in [1.807, 2.05) is 0 Å². The van der Waals surface area contributed by atoms with Crippen LogP contribution >= 0.6 is 0 Å². The number of carboxylic acid groups (broad SMARTS) is 2. The number of carbonyl (C=O) groups is 3. The van der Waals surface area contributed by atoms with Crippen LogP contribution in [0.4, 0.5) is 14.9 Å². The van der Waals surface area contributed by atoms with Gasteiger partial charge in [0.2, 0.25) is 0 Å². The third-order valence-electron chi connectivity index (χ3n) is 7.01. The van der Waals surface area contributed by atoms with Gasteiger partial charge < -0.3 is 36.6 Å². The maximum Gasteiger partial charge on any atom is 0.316 e. The van der Waals surface area contributed by atoms with Crippen molar-refractivity contribution < 1.29 is 33.7 Å². The Morgan fingerprint density at radius 1 is 1.13 bits per heavy atom. The van der Waals surface area contributed by atoms with Gasteiger partial charge in [-0.15, -0.1) is 0 Å². The van der Waals surface area contributed by atoms with Crippen molar-refractivity contribution in [1.82, 2.24) is 15.2 Å². The summed E-state index contributed by atoms with van der Waals surface area (Å²) >= 11 is 0. The van der Waals surface area contributed by atoms with Crippen LogP contribution in [0.2, 0.25) is 0 Å². The number of piperidine rings is 1. The van der Waals surface area contributed by atoms with E-state index in [9.17, 15) is 29.0 Å². The number of carbonyl (C=O) groups excluding carboxylic acids is 1. The Hall–Kier alpha value is -4.19. The molecule has 1 fully saturated rings. The van der Waals surface area contributed by atoms with Gasteiger partial charge in [0, 0.05) is 24.4 Å². The second-order valence-corrected chi connectivity index (χ2v) is 10.1. The van der Waals surface area contributed by atoms with E-state index >= 15 is 0 Å². The van der Waals surface area contributed by atoms with E-state index in [2.05, 4.69) is 22.2 Å². The van der Waals surface area contributed by atoms with E-state index < -0.39 is 34.6 Å². The average Bonchev–Trinajstić information content (AvgIpc) is 2.88. The highest BCUT2D eigenvalue weighted by atomic mass is 19.1. The lowest BCUT2D eigenvalue weighted by Crippen LogP contribution is -2.45. The molecule has 1 saturated heterocycles. The minimum atomic E-state index is -1.52. The maximum atomic E-state index is 13.6. The first kappa shape index (κ1) is 29.4. The highest BCUT2D eigenvalue weighted by Crippen LogP contribution is 2.45. The first-order valence-electron chi connectivity index (χ1n) is 12.4. The third kappa shape index (κ3) is 7.23. The lowest BCUT2D eigenvalue weighted by Gasteiger charge is -2.37. The van der Waals surface area contributed by atoms with Crippen LogP contribution in [0.5, 0.6) is 11.5 Å². The zero-order chi connectivity index (χ0) is 28.8. The summed E-state index contributed by atoms with van der Waals surface area (Å²) in [6.45, 7) is 3.57. The topological polar surface area (TPSA) is 181 Å². The van der Waals surface area contributed by atoms with Crippen LogP contribution in [0.3, 0.4) is 0 Å². The van der Waals surface area contributed by atoms with E-state index in [1.165, 1.54) is 43.5 Å². The fourth-order valence-electron chi connectivity index (χ4n) is 4.69. The van der Waals surface area contributed by atoms with Crippen LogP contribution in [-0.4, -0.2) is 64.2 Å². The summed E-state index contributed by atoms with van der Waals surface area (Å²) in [5.41, 5.74) is 7.73. The average molecular weight is 544 g/mol. The van der Waals surface area contributed by atoms with Gasteiger partial charge >= 0.3 is 18.0 Å². The Kier molecular flexibility index (Phi) is 9.12. The number of hydrogen-bond donors (Lipinski definition) is 5. The zero-order valence-electron chi connectivity index (χ0n) is 21.9. The van der Waals surface area contributed by atoms with Crippen LogP contribution in [0.15, 0.2) is 48.7 Å². The lowest BCUT2D eigenvalue weighted by atomic mass is 9.64. The van der Waals surface area contributed by atoms with Crippen LogP contribution in [-0.2, 0) is 15.0 Å². The predicted octanol–water partition coefficient (Wildman–Crippen LogP) is 3.11. The fraction of sp³-hybridized carbons (Fsp3) is 0.407. The van der Waals surface area contributed by atoms with Gasteiger partial charge in [0.15, 0.2) is 0 Å². The second-order valence-electron chi connectivity index (χ2n) is 10.1. The molecule has 2 aromatic rings. The molecular weight excluding hydrogens is 509 g/mol. The number of hydrogen-bond acceptors (Lipinski definition) is 7. The number of nitrogens with one attached hydrogen (secondary N) is 1. The summed E-state index contributed by atoms with van der Waals surface area (Å²) in [5.74, 6) is -2.48. The van der Waals surface area contributed by atoms with Gasteiger partial charge in [-0.05, 0) is 70.9 Å². The number of amides is 2. The molecule has 0 spiro atoms. The molecule has 11 nitrogen and oxygen atoms in total. The molecular formula is C27H34FN5O6. The summed E-state index contributed by atoms with van der Waals surface area (Å²) in [6, 6.07) is 6.79. The highest BCUT2D eigenvalue weighted by molar-refractivity contribution is 5.85. The summed E-state index contributed by atoms with van der Waals surface area (Å²) in [6.07, 6.45) is 6.40. The lowest BCUT2D eigenvalue weighted by molar-refractivity contribution is -0.151. The molecule has 1 aliphatic heterocycles. The van der Waals surface area contributed by atoms with E-state index in [1.54, 1.807) is 6.08 Å². The summed E-state index contributed by atoms with van der Waals surface area (Å²) < 4.78 is 19.2. The van der Waals surface area contributed by atoms with E-state index in [-0.39, 0.29) is 35.7 Å². The molecule has 2 amide bonds. The number of likely N-dealkylation sites (tertiary alicyclic amines) is 1. The van der Waals surface area contributed by atoms with Gasteiger partial charge in [-0.3, -0.25) is 14.6 Å². The number of halogens is 1. The molecule has 0 saturated carbocycles. The number of carboxylic acids is 2. The molecule has 7 N–H and O–H groups in total. The van der Waals surface area contributed by atoms with Gasteiger partial charge in [-0.25, -0.2) is 9.18 Å². The largest absolute Gasteiger partial charge is 0.481 e. The molecule has 1 aliphatic carbocycles. The number of primary amides is 1. The number of nitrogen functional groups attached to an aromatic ring is 1. The molecule has 12 heteroatoms. The number of ether oxygens (including phenoxy) is 1. The van der Waals surface area contributed by atoms with Gasteiger partial charge in [0.25, 0.3) is 0 Å². The normalized spacial score (nSPS) is 23.3. The van der Waals surface area contributed by atoms with Crippen LogP contribution in [0.1, 0.15) is 38.3 Å². The Morgan fingerprint density at radius 2 is 1.79 bits per heavy atom. The van der Waals surface area contributed by atoms with E-state index in [0.717, 1.165) is 32.0 Å². The summed E-state index contributed by atoms with van der Waals surface area (Å²) in [5, 5.41) is 22.2. The monoisotopic (exact) mass is 543 g/mol. The molecule has 210 valence electrons. The van der Waals surface area contributed by atoms with E-state index in [4.69, 9.17) is 16.2 Å². The Morgan fingerprint density at radius 3 is 2.38 bits per heavy atom. The predicted molar refractivity (Wildman–Crippen MR) is 142 cm³/mol. The molecule has 0 bridgehead atoms. The van der Waals surface area contributed by atoms with Crippen molar-refractivity contribution in [2.24, 2.45) is 11.1 Å². The molecule has 1 aromatic carbocycles. The van der Waals surface area contributed by atoms with Gasteiger partial charge in [-0.2, -0.15) is 0 Å². The number of nitrogens with zero attached hydrogens (tertiary/aromatic N) is 2. The number of aliphatic carboxylic acids is 2. The highest BCUT2D eigenvalue weighted by Gasteiger charge is 2.50. The van der Waals surface area contributed by atoms with Gasteiger partial charge in [0.05, 0.1) is 16.8 Å². The van der Waals surface area contributed by atoms with Crippen LogP contribution in [0.25, 0.3) is 0 Å². The second kappa shape index (κ2) is 12.1. The van der Waals surface area contributed by atoms with Crippen molar-refractivity contribution in [1.29, 1.82) is 0 Å². The minimum absolute atomic E-state index is 0.0189. The van der Waals surface area contributed by atoms with Crippen molar-refractivity contribution in [2.45, 2.75) is 44.1 Å². The third-order valence-corrected chi connectivity index (χ3v) is 7.01. The van der Waals surface area contributed by atoms with Crippen molar-refractivity contribution in [2.75, 3.05) is 25.9 Å². The van der Waals surface area contributed by atoms with Gasteiger partial charge in [-0.1, -0.05) is 12.2 Å². The maximum absolute atomic E-state index is 13.6. The number of aromatic nitrogens is 1. The van der Waals surface area contributed by atoms with Crippen LogP contribution in [0, 0.1) is 11.2 Å². The van der Waals surface area contributed by atoms with Crippen molar-refractivity contribution in [3.8, 4) is 11.5 Å². The number of benzene rings is 1. The fourth-order valence-corrected chi connectivity index (χ4v) is 4.69. The zero-order valence-corrected chi connectivity index (χ0v) is 21.9. The SMILES string of the molecule is CC1(C(=O)O)C=CCC(C(=O)O)(c2cc(Oc3ccc(N)c(F)c3)ccn2)C1.CN1CCC(NC(N)=O)CC1. The number of anilines is 1. The summed E-state index contributed by atoms with van der Waals surface area (Å²) in [4.78, 5) is 40.7. The molecule has 2 atom stereocenters. The molecule has 2 unspecified atom stereocenters. The molecule has 4 rings (SSSR count). The minimum Gasteiger partial charge on any atom is -0.481 e. The van der Waals surface area contributed by atoms with Gasteiger partial charge in [0.1, 0.15) is 22.7 Å². The van der Waals surface area contributed by atoms with Crippen molar-refractivity contribution in [3.05, 3.63) is 60.2 Å². The quantitative estimate of drug-likeness (QED) is 0.270. The first-order chi connectivity index (χ1) is 18.3. The number of rotatable bonds is 6. The van der Waals surface area contributed by atoms with Crippen LogP contribution < -0.4 is 21.5 Å². The standard InChI is InChI=1S/C20H19FN2O5.C7H15N3O/c1-19(17(24)25)6-2-7-20(11-19,18(26)27)16-10-13(5-8-23-16)28-12-3-4-15(22)14(21)9-12;1-10-4-2-6(3-5-10)9-7(8)11/h2-6,8-10H,7,11,22H2,1H3,(H,24,25)(H,26,27);6H,2-5H2,1H3,(H3,8,9,11). The molecule has 2 heterocycles. The molecule has 1 aromatic heterocycles. The van der Waals surface area contributed by atoms with E-state index in [0.29, 0.717) is 6.04 Å². The summed E-state index contributed by atoms with van der Waals surface area (Å²) in [7, 11) is 2.08. The number of pyridine rings is 1. The Labute approximate surface area is 225 Å². The smallest absolute Gasteiger partial charge is 0.316 e. The molecule has 0 radical (unpaired) electrons. The molecule has 39 heavy (non-hydrogen) atoms. The molecule has 2 aliphatic rings. The first-order valence-corrected chi connectivity index (χ1v) is 12.4. The number of allylic oxidation sites excluding steroid dienone is 1. The Bertz CT molecular complexity index is 1250.